The molecule has 6 aromatic carbocycles. The molecular formula is C26H17BO2. The van der Waals surface area contributed by atoms with E-state index < -0.39 is 7.12 Å². The third-order valence-electron chi connectivity index (χ3n) is 6.03. The summed E-state index contributed by atoms with van der Waals surface area (Å²) >= 11 is 0. The van der Waals surface area contributed by atoms with Crippen LogP contribution < -0.4 is 5.46 Å². The van der Waals surface area contributed by atoms with Crippen LogP contribution >= 0.6 is 0 Å². The Morgan fingerprint density at radius 1 is 0.414 bits per heavy atom. The van der Waals surface area contributed by atoms with Crippen LogP contribution in [0.1, 0.15) is 0 Å². The van der Waals surface area contributed by atoms with Gasteiger partial charge in [-0.1, -0.05) is 91.0 Å². The molecule has 6 rings (SSSR count). The van der Waals surface area contributed by atoms with Gasteiger partial charge >= 0.3 is 7.12 Å². The van der Waals surface area contributed by atoms with Crippen LogP contribution in [0.25, 0.3) is 53.9 Å². The van der Waals surface area contributed by atoms with Crippen molar-refractivity contribution in [1.82, 2.24) is 0 Å². The van der Waals surface area contributed by atoms with Crippen LogP contribution in [0.2, 0.25) is 0 Å². The number of hydrogen-bond donors (Lipinski definition) is 2. The molecule has 0 spiro atoms. The maximum Gasteiger partial charge on any atom is 0.488 e. The number of hydrogen-bond acceptors (Lipinski definition) is 2. The van der Waals surface area contributed by atoms with Crippen molar-refractivity contribution in [2.24, 2.45) is 0 Å². The Hall–Kier alpha value is -3.40. The Balaban J connectivity index is 2.03. The van der Waals surface area contributed by atoms with Gasteiger partial charge in [0.25, 0.3) is 0 Å². The molecule has 3 heteroatoms. The minimum atomic E-state index is -1.48. The summed E-state index contributed by atoms with van der Waals surface area (Å²) in [6.45, 7) is 0. The first-order chi connectivity index (χ1) is 14.2. The summed E-state index contributed by atoms with van der Waals surface area (Å²) in [5.41, 5.74) is 0.507. The van der Waals surface area contributed by atoms with Gasteiger partial charge in [0.15, 0.2) is 0 Å². The summed E-state index contributed by atoms with van der Waals surface area (Å²) in [5.74, 6) is 0. The van der Waals surface area contributed by atoms with E-state index in [-0.39, 0.29) is 0 Å². The molecule has 0 aliphatic carbocycles. The van der Waals surface area contributed by atoms with E-state index in [1.165, 1.54) is 37.7 Å². The van der Waals surface area contributed by atoms with E-state index in [1.54, 1.807) is 0 Å². The van der Waals surface area contributed by atoms with Crippen LogP contribution in [0.5, 0.6) is 0 Å². The van der Waals surface area contributed by atoms with Crippen LogP contribution in [0, 0.1) is 0 Å². The number of benzene rings is 6. The van der Waals surface area contributed by atoms with Gasteiger partial charge in [0, 0.05) is 0 Å². The maximum absolute atomic E-state index is 9.74. The Kier molecular flexibility index (Phi) is 3.45. The Bertz CT molecular complexity index is 1580. The van der Waals surface area contributed by atoms with E-state index in [4.69, 9.17) is 0 Å². The highest BCUT2D eigenvalue weighted by Crippen LogP contribution is 2.43. The molecule has 0 radical (unpaired) electrons. The van der Waals surface area contributed by atoms with Crippen molar-refractivity contribution in [2.75, 3.05) is 0 Å². The molecule has 2 N–H and O–H groups in total. The zero-order valence-electron chi connectivity index (χ0n) is 15.6. The van der Waals surface area contributed by atoms with Crippen LogP contribution in [-0.4, -0.2) is 17.2 Å². The van der Waals surface area contributed by atoms with Crippen molar-refractivity contribution in [3.63, 3.8) is 0 Å². The first-order valence-corrected chi connectivity index (χ1v) is 9.78. The maximum atomic E-state index is 9.74. The molecule has 0 saturated heterocycles. The van der Waals surface area contributed by atoms with Crippen molar-refractivity contribution >= 4 is 66.4 Å². The molecule has 0 aliphatic heterocycles. The lowest BCUT2D eigenvalue weighted by Crippen LogP contribution is -2.29. The summed E-state index contributed by atoms with van der Waals surface area (Å²) in [4.78, 5) is 0. The average Bonchev–Trinajstić information content (AvgIpc) is 2.78. The van der Waals surface area contributed by atoms with E-state index in [0.29, 0.717) is 5.46 Å². The molecule has 0 fully saturated rings. The van der Waals surface area contributed by atoms with Crippen molar-refractivity contribution in [3.05, 3.63) is 91.0 Å². The Morgan fingerprint density at radius 3 is 1.24 bits per heavy atom. The third-order valence-corrected chi connectivity index (χ3v) is 6.03. The van der Waals surface area contributed by atoms with E-state index in [0.717, 1.165) is 16.2 Å². The van der Waals surface area contributed by atoms with Gasteiger partial charge in [-0.15, -0.1) is 0 Å². The van der Waals surface area contributed by atoms with Crippen molar-refractivity contribution in [3.8, 4) is 0 Å². The summed E-state index contributed by atoms with van der Waals surface area (Å²) in [5, 5.41) is 31.4. The highest BCUT2D eigenvalue weighted by atomic mass is 16.4. The van der Waals surface area contributed by atoms with Crippen molar-refractivity contribution in [1.29, 1.82) is 0 Å². The highest BCUT2D eigenvalue weighted by molar-refractivity contribution is 6.59. The quantitative estimate of drug-likeness (QED) is 0.310. The Labute approximate surface area is 167 Å². The lowest BCUT2D eigenvalue weighted by atomic mass is 9.78. The fraction of sp³-hybridized carbons (Fsp3) is 0. The summed E-state index contributed by atoms with van der Waals surface area (Å²) < 4.78 is 0. The van der Waals surface area contributed by atoms with E-state index in [9.17, 15) is 10.0 Å². The SMILES string of the molecule is OB(O)c1ccc2c(c1)c1ccccc1c1c3ccccc3c3ccccc3c21. The lowest BCUT2D eigenvalue weighted by Gasteiger charge is -2.16. The van der Waals surface area contributed by atoms with Crippen LogP contribution in [0.3, 0.4) is 0 Å². The van der Waals surface area contributed by atoms with Gasteiger partial charge in [-0.3, -0.25) is 0 Å². The molecule has 6 aromatic rings. The first kappa shape index (κ1) is 16.5. The van der Waals surface area contributed by atoms with Gasteiger partial charge in [0.1, 0.15) is 0 Å². The molecule has 0 bridgehead atoms. The molecule has 0 aliphatic rings. The fourth-order valence-corrected chi connectivity index (χ4v) is 4.80. The second-order valence-electron chi connectivity index (χ2n) is 7.57. The van der Waals surface area contributed by atoms with Crippen LogP contribution in [0.15, 0.2) is 91.0 Å². The smallest absolute Gasteiger partial charge is 0.423 e. The highest BCUT2D eigenvalue weighted by Gasteiger charge is 2.17. The minimum Gasteiger partial charge on any atom is -0.423 e. The van der Waals surface area contributed by atoms with E-state index >= 15 is 0 Å². The van der Waals surface area contributed by atoms with Gasteiger partial charge in [0.05, 0.1) is 0 Å². The minimum absolute atomic E-state index is 0.507. The van der Waals surface area contributed by atoms with Crippen molar-refractivity contribution < 1.29 is 10.0 Å². The molecular weight excluding hydrogens is 355 g/mol. The lowest BCUT2D eigenvalue weighted by molar-refractivity contribution is 0.426. The molecule has 0 aromatic heterocycles. The number of fused-ring (bicyclic) bond motifs is 11. The monoisotopic (exact) mass is 372 g/mol. The predicted octanol–water partition coefficient (Wildman–Crippen LogP) is 5.13. The van der Waals surface area contributed by atoms with Gasteiger partial charge in [0.2, 0.25) is 0 Å². The predicted molar refractivity (Wildman–Crippen MR) is 124 cm³/mol. The third kappa shape index (κ3) is 2.26. The molecule has 2 nitrogen and oxygen atoms in total. The standard InChI is InChI=1S/C26H17BO2/c28-27(29)16-13-14-23-24(15-16)19-9-3-6-12-22(19)25-20-10-4-1-7-17(20)18-8-2-5-11-21(18)26(23)25/h1-15,28-29H. The molecule has 0 heterocycles. The number of rotatable bonds is 1. The second kappa shape index (κ2) is 6.05. The fourth-order valence-electron chi connectivity index (χ4n) is 4.80. The van der Waals surface area contributed by atoms with Gasteiger partial charge in [-0.2, -0.15) is 0 Å². The summed E-state index contributed by atoms with van der Waals surface area (Å²) in [6, 6.07) is 31.3. The first-order valence-electron chi connectivity index (χ1n) is 9.78. The largest absolute Gasteiger partial charge is 0.488 e. The van der Waals surface area contributed by atoms with Gasteiger partial charge in [-0.25, -0.2) is 0 Å². The molecule has 0 amide bonds. The average molecular weight is 372 g/mol. The molecule has 0 atom stereocenters. The molecule has 136 valence electrons. The Morgan fingerprint density at radius 2 is 0.793 bits per heavy atom. The van der Waals surface area contributed by atoms with Crippen LogP contribution in [0.4, 0.5) is 0 Å². The van der Waals surface area contributed by atoms with Crippen LogP contribution in [-0.2, 0) is 0 Å². The van der Waals surface area contributed by atoms with Gasteiger partial charge < -0.3 is 10.0 Å². The van der Waals surface area contributed by atoms with E-state index in [2.05, 4.69) is 66.7 Å². The normalized spacial score (nSPS) is 11.8. The molecule has 29 heavy (non-hydrogen) atoms. The van der Waals surface area contributed by atoms with Crippen molar-refractivity contribution in [2.45, 2.75) is 0 Å². The zero-order valence-corrected chi connectivity index (χ0v) is 15.6. The molecule has 0 saturated carbocycles. The topological polar surface area (TPSA) is 40.5 Å². The summed E-state index contributed by atoms with van der Waals surface area (Å²) in [7, 11) is -1.48. The zero-order chi connectivity index (χ0) is 19.5. The summed E-state index contributed by atoms with van der Waals surface area (Å²) in [6.07, 6.45) is 0. The van der Waals surface area contributed by atoms with E-state index in [1.807, 2.05) is 24.3 Å². The second-order valence-corrected chi connectivity index (χ2v) is 7.57. The molecule has 0 unspecified atom stereocenters. The van der Waals surface area contributed by atoms with Gasteiger partial charge in [-0.05, 0) is 59.3 Å².